The number of hydrogen-bond acceptors (Lipinski definition) is 7. The van der Waals surface area contributed by atoms with Gasteiger partial charge in [0.05, 0.1) is 12.0 Å². The first kappa shape index (κ1) is 15.3. The molecule has 23 heavy (non-hydrogen) atoms. The first-order valence-electron chi connectivity index (χ1n) is 7.46. The van der Waals surface area contributed by atoms with E-state index in [9.17, 15) is 10.1 Å². The molecule has 0 spiro atoms. The highest BCUT2D eigenvalue weighted by atomic mass is 16.6. The van der Waals surface area contributed by atoms with Gasteiger partial charge in [-0.3, -0.25) is 10.1 Å². The van der Waals surface area contributed by atoms with Crippen LogP contribution >= 0.6 is 0 Å². The lowest BCUT2D eigenvalue weighted by Gasteiger charge is -2.31. The number of hydrogen-bond donors (Lipinski definition) is 0. The van der Waals surface area contributed by atoms with Gasteiger partial charge in [-0.15, -0.1) is 0 Å². The summed E-state index contributed by atoms with van der Waals surface area (Å²) in [4.78, 5) is 17.3. The smallest absolute Gasteiger partial charge is 0.333 e. The largest absolute Gasteiger partial charge is 0.490 e. The molecule has 0 saturated carbocycles. The number of anilines is 1. The lowest BCUT2D eigenvalue weighted by molar-refractivity contribution is -0.385. The molecule has 122 valence electrons. The second-order valence-corrected chi connectivity index (χ2v) is 5.53. The Bertz CT molecular complexity index is 707. The molecule has 0 radical (unpaired) electrons. The van der Waals surface area contributed by atoms with Crippen LogP contribution in [0.2, 0.25) is 0 Å². The number of nitrogens with zero attached hydrogens (tertiary/aromatic N) is 4. The van der Waals surface area contributed by atoms with Crippen molar-refractivity contribution in [3.05, 3.63) is 40.0 Å². The zero-order valence-electron chi connectivity index (χ0n) is 13.1. The molecule has 0 unspecified atom stereocenters. The fraction of sp³-hybridized carbons (Fsp3) is 0.467. The van der Waals surface area contributed by atoms with Crippen LogP contribution in [0.5, 0.6) is 5.75 Å². The lowest BCUT2D eigenvalue weighted by atomic mass is 9.96. The summed E-state index contributed by atoms with van der Waals surface area (Å²) in [5.74, 6) is 1.77. The van der Waals surface area contributed by atoms with Crippen molar-refractivity contribution in [1.29, 1.82) is 0 Å². The van der Waals surface area contributed by atoms with Gasteiger partial charge >= 0.3 is 5.69 Å². The van der Waals surface area contributed by atoms with Gasteiger partial charge < -0.3 is 14.2 Å². The third-order valence-corrected chi connectivity index (χ3v) is 4.11. The number of methoxy groups -OCH3 is 1. The molecule has 3 rings (SSSR count). The van der Waals surface area contributed by atoms with Crippen LogP contribution in [-0.2, 0) is 0 Å². The normalized spacial score (nSPS) is 15.7. The Morgan fingerprint density at radius 2 is 2.13 bits per heavy atom. The summed E-state index contributed by atoms with van der Waals surface area (Å²) in [5.41, 5.74) is 0.608. The second kappa shape index (κ2) is 6.23. The minimum atomic E-state index is -0.387. The van der Waals surface area contributed by atoms with E-state index in [0.29, 0.717) is 30.5 Å². The van der Waals surface area contributed by atoms with Crippen LogP contribution in [0, 0.1) is 17.0 Å². The maximum atomic E-state index is 11.4. The number of aryl methyl sites for hydroxylation is 1. The maximum absolute atomic E-state index is 11.4. The molecule has 8 nitrogen and oxygen atoms in total. The quantitative estimate of drug-likeness (QED) is 0.631. The third kappa shape index (κ3) is 2.96. The van der Waals surface area contributed by atoms with Gasteiger partial charge in [0.15, 0.2) is 11.6 Å². The Labute approximate surface area is 133 Å². The Balaban J connectivity index is 1.79. The Morgan fingerprint density at radius 3 is 2.70 bits per heavy atom. The van der Waals surface area contributed by atoms with Crippen molar-refractivity contribution in [3.8, 4) is 5.75 Å². The molecule has 1 aliphatic heterocycles. The van der Waals surface area contributed by atoms with E-state index >= 15 is 0 Å². The average molecular weight is 318 g/mol. The summed E-state index contributed by atoms with van der Waals surface area (Å²) in [6.45, 7) is 3.18. The predicted molar refractivity (Wildman–Crippen MR) is 82.9 cm³/mol. The summed E-state index contributed by atoms with van der Waals surface area (Å²) < 4.78 is 10.4. The highest BCUT2D eigenvalue weighted by Crippen LogP contribution is 2.39. The highest BCUT2D eigenvalue weighted by Gasteiger charge is 2.30. The number of benzene rings is 1. The first-order valence-corrected chi connectivity index (χ1v) is 7.46. The number of piperidine rings is 1. The van der Waals surface area contributed by atoms with E-state index in [1.54, 1.807) is 25.1 Å². The molecule has 0 amide bonds. The monoisotopic (exact) mass is 318 g/mol. The molecule has 1 aromatic heterocycles. The van der Waals surface area contributed by atoms with Gasteiger partial charge in [0.1, 0.15) is 5.69 Å². The van der Waals surface area contributed by atoms with Crippen molar-refractivity contribution in [1.82, 2.24) is 10.1 Å². The number of nitro groups is 1. The Kier molecular flexibility index (Phi) is 4.14. The molecule has 0 aliphatic carbocycles. The van der Waals surface area contributed by atoms with Crippen molar-refractivity contribution < 1.29 is 14.2 Å². The number of ether oxygens (including phenoxy) is 1. The minimum absolute atomic E-state index is 0.0158. The maximum Gasteiger partial charge on any atom is 0.333 e. The molecule has 8 heteroatoms. The third-order valence-electron chi connectivity index (χ3n) is 4.11. The summed E-state index contributed by atoms with van der Waals surface area (Å²) in [5, 5.41) is 15.2. The van der Waals surface area contributed by atoms with Gasteiger partial charge in [0.2, 0.25) is 5.89 Å². The molecule has 1 saturated heterocycles. The zero-order valence-corrected chi connectivity index (χ0v) is 13.1. The molecule has 2 heterocycles. The molecule has 2 aromatic rings. The minimum Gasteiger partial charge on any atom is -0.490 e. The lowest BCUT2D eigenvalue weighted by Crippen LogP contribution is -2.33. The van der Waals surface area contributed by atoms with E-state index in [4.69, 9.17) is 9.26 Å². The van der Waals surface area contributed by atoms with Gasteiger partial charge in [-0.25, -0.2) is 0 Å². The topological polar surface area (TPSA) is 94.5 Å². The Morgan fingerprint density at radius 1 is 1.39 bits per heavy atom. The van der Waals surface area contributed by atoms with Crippen molar-refractivity contribution in [2.24, 2.45) is 0 Å². The van der Waals surface area contributed by atoms with Gasteiger partial charge in [0, 0.05) is 19.0 Å². The van der Waals surface area contributed by atoms with Crippen LogP contribution in [0.3, 0.4) is 0 Å². The van der Waals surface area contributed by atoms with Gasteiger partial charge in [-0.2, -0.15) is 4.98 Å². The number of nitro benzene ring substituents is 1. The van der Waals surface area contributed by atoms with Gasteiger partial charge in [-0.1, -0.05) is 11.2 Å². The summed E-state index contributed by atoms with van der Waals surface area (Å²) >= 11 is 0. The number of rotatable bonds is 4. The molecular formula is C15H18N4O4. The summed E-state index contributed by atoms with van der Waals surface area (Å²) in [7, 11) is 1.44. The summed E-state index contributed by atoms with van der Waals surface area (Å²) in [6.07, 6.45) is 1.63. The molecule has 1 aromatic carbocycles. The number of para-hydroxylation sites is 1. The van der Waals surface area contributed by atoms with Crippen LogP contribution in [-0.4, -0.2) is 35.3 Å². The van der Waals surface area contributed by atoms with E-state index in [2.05, 4.69) is 10.1 Å². The van der Waals surface area contributed by atoms with Crippen molar-refractivity contribution in [2.45, 2.75) is 25.7 Å². The fourth-order valence-corrected chi connectivity index (χ4v) is 2.96. The Hall–Kier alpha value is -2.64. The zero-order chi connectivity index (χ0) is 16.4. The van der Waals surface area contributed by atoms with Crippen LogP contribution in [0.1, 0.15) is 30.5 Å². The standard InChI is InChI=1S/C15H18N4O4/c1-10-16-15(23-17-10)11-6-8-18(9-7-11)12-4-3-5-13(22-2)14(12)19(20)21/h3-5,11H,6-9H2,1-2H3. The van der Waals surface area contributed by atoms with E-state index in [1.165, 1.54) is 7.11 Å². The SMILES string of the molecule is COc1cccc(N2CCC(c3nc(C)no3)CC2)c1[N+](=O)[O-]. The highest BCUT2D eigenvalue weighted by molar-refractivity contribution is 5.70. The van der Waals surface area contributed by atoms with Crippen molar-refractivity contribution in [3.63, 3.8) is 0 Å². The van der Waals surface area contributed by atoms with Crippen LogP contribution in [0.25, 0.3) is 0 Å². The molecule has 0 atom stereocenters. The van der Waals surface area contributed by atoms with Crippen molar-refractivity contribution in [2.75, 3.05) is 25.1 Å². The number of aromatic nitrogens is 2. The van der Waals surface area contributed by atoms with Crippen LogP contribution < -0.4 is 9.64 Å². The predicted octanol–water partition coefficient (Wildman–Crippen LogP) is 2.68. The summed E-state index contributed by atoms with van der Waals surface area (Å²) in [6, 6.07) is 5.14. The van der Waals surface area contributed by atoms with E-state index in [0.717, 1.165) is 12.8 Å². The van der Waals surface area contributed by atoms with E-state index < -0.39 is 0 Å². The molecule has 1 fully saturated rings. The molecule has 0 N–H and O–H groups in total. The average Bonchev–Trinajstić information content (AvgIpc) is 3.00. The van der Waals surface area contributed by atoms with Crippen LogP contribution in [0.15, 0.2) is 22.7 Å². The van der Waals surface area contributed by atoms with Crippen LogP contribution in [0.4, 0.5) is 11.4 Å². The molecule has 1 aliphatic rings. The fourth-order valence-electron chi connectivity index (χ4n) is 2.96. The molecule has 0 bridgehead atoms. The van der Waals surface area contributed by atoms with E-state index in [1.807, 2.05) is 4.90 Å². The second-order valence-electron chi connectivity index (χ2n) is 5.53. The first-order chi connectivity index (χ1) is 11.1. The van der Waals surface area contributed by atoms with Gasteiger partial charge in [-0.05, 0) is 31.9 Å². The van der Waals surface area contributed by atoms with Crippen molar-refractivity contribution >= 4 is 11.4 Å². The van der Waals surface area contributed by atoms with Gasteiger partial charge in [0.25, 0.3) is 0 Å². The van der Waals surface area contributed by atoms with E-state index in [-0.39, 0.29) is 22.3 Å². The molecular weight excluding hydrogens is 300 g/mol.